The van der Waals surface area contributed by atoms with Gasteiger partial charge in [0.2, 0.25) is 0 Å². The minimum atomic E-state index is -1.86. The first-order chi connectivity index (χ1) is 11.4. The van der Waals surface area contributed by atoms with E-state index in [1.54, 1.807) is 0 Å². The van der Waals surface area contributed by atoms with Crippen LogP contribution in [0.4, 0.5) is 0 Å². The second kappa shape index (κ2) is 5.49. The van der Waals surface area contributed by atoms with Crippen molar-refractivity contribution in [2.75, 3.05) is 0 Å². The first kappa shape index (κ1) is 15.5. The van der Waals surface area contributed by atoms with Crippen LogP contribution in [0.15, 0.2) is 59.1 Å². The summed E-state index contributed by atoms with van der Waals surface area (Å²) in [5, 5.41) is 2.31. The molecule has 0 unspecified atom stereocenters. The molecule has 3 heteroatoms. The molecule has 2 heterocycles. The van der Waals surface area contributed by atoms with Crippen molar-refractivity contribution in [3.8, 4) is 11.3 Å². The Labute approximate surface area is 144 Å². The Morgan fingerprint density at radius 1 is 0.875 bits per heavy atom. The quantitative estimate of drug-likeness (QED) is 0.432. The van der Waals surface area contributed by atoms with E-state index in [0.29, 0.717) is 0 Å². The molecule has 2 aromatic heterocycles. The molecule has 0 radical (unpaired) electrons. The molecule has 0 fully saturated rings. The van der Waals surface area contributed by atoms with Crippen LogP contribution < -0.4 is 4.40 Å². The van der Waals surface area contributed by atoms with E-state index in [2.05, 4.69) is 66.8 Å². The molecule has 0 aliphatic rings. The van der Waals surface area contributed by atoms with E-state index >= 15 is 0 Å². The number of hydrogen-bond acceptors (Lipinski definition) is 2. The molecule has 0 atom stereocenters. The molecule has 2 aromatic carbocycles. The molecule has 0 spiro atoms. The van der Waals surface area contributed by atoms with E-state index in [-0.39, 0.29) is 0 Å². The van der Waals surface area contributed by atoms with Gasteiger partial charge in [-0.15, -0.1) is 0 Å². The molecular formula is C21H21GeNO. The summed E-state index contributed by atoms with van der Waals surface area (Å²) >= 11 is -1.86. The summed E-state index contributed by atoms with van der Waals surface area (Å²) in [5.74, 6) is 7.23. The van der Waals surface area contributed by atoms with Crippen LogP contribution in [0.1, 0.15) is 5.56 Å². The van der Waals surface area contributed by atoms with Gasteiger partial charge in [0.1, 0.15) is 0 Å². The van der Waals surface area contributed by atoms with Crippen molar-refractivity contribution in [3.63, 3.8) is 0 Å². The Bertz CT molecular complexity index is 1060. The number of benzene rings is 2. The standard InChI is InChI=1S/C21H21GeNO/c1-14-11-19(23-13-18(14)22(2,3)4)15-9-10-21-17(12-15)16-7-5-6-8-20(16)24-21/h5-13H,1-4H3. The van der Waals surface area contributed by atoms with Crippen molar-refractivity contribution in [2.24, 2.45) is 0 Å². The number of fused-ring (bicyclic) bond motifs is 3. The molecule has 4 rings (SSSR count). The monoisotopic (exact) mass is 377 g/mol. The van der Waals surface area contributed by atoms with Crippen LogP contribution in [0.2, 0.25) is 17.3 Å². The number of aryl methyl sites for hydroxylation is 1. The number of pyridine rings is 1. The summed E-state index contributed by atoms with van der Waals surface area (Å²) in [7, 11) is 0. The Balaban J connectivity index is 1.87. The van der Waals surface area contributed by atoms with Crippen LogP contribution in [-0.2, 0) is 0 Å². The van der Waals surface area contributed by atoms with Gasteiger partial charge in [-0.05, 0) is 0 Å². The fourth-order valence-electron chi connectivity index (χ4n) is 3.38. The zero-order valence-electron chi connectivity index (χ0n) is 14.6. The molecule has 120 valence electrons. The average Bonchev–Trinajstić information content (AvgIpc) is 2.91. The van der Waals surface area contributed by atoms with Crippen LogP contribution >= 0.6 is 0 Å². The Hall–Kier alpha value is -2.07. The van der Waals surface area contributed by atoms with Crippen LogP contribution in [0.3, 0.4) is 0 Å². The van der Waals surface area contributed by atoms with Crippen molar-refractivity contribution in [3.05, 3.63) is 60.3 Å². The first-order valence-electron chi connectivity index (χ1n) is 8.32. The molecular weight excluding hydrogens is 355 g/mol. The van der Waals surface area contributed by atoms with Gasteiger partial charge in [-0.3, -0.25) is 0 Å². The number of nitrogens with zero attached hydrogens (tertiary/aromatic N) is 1. The molecule has 4 aromatic rings. The second-order valence-electron chi connectivity index (χ2n) is 7.44. The Kier molecular flexibility index (Phi) is 3.53. The summed E-state index contributed by atoms with van der Waals surface area (Å²) in [4.78, 5) is 4.76. The van der Waals surface area contributed by atoms with Crippen LogP contribution in [0.5, 0.6) is 0 Å². The van der Waals surface area contributed by atoms with Crippen molar-refractivity contribution in [2.45, 2.75) is 24.2 Å². The SMILES string of the molecule is Cc1cc(-c2ccc3oc4ccccc4c3c2)nc[c]1[Ge]([CH3])([CH3])[CH3]. The summed E-state index contributed by atoms with van der Waals surface area (Å²) in [6, 6.07) is 16.8. The van der Waals surface area contributed by atoms with Gasteiger partial charge < -0.3 is 0 Å². The van der Waals surface area contributed by atoms with Gasteiger partial charge >= 0.3 is 145 Å². The zero-order valence-corrected chi connectivity index (χ0v) is 16.6. The number of para-hydroxylation sites is 1. The normalized spacial score (nSPS) is 12.2. The summed E-state index contributed by atoms with van der Waals surface area (Å²) in [6.07, 6.45) is 2.10. The van der Waals surface area contributed by atoms with Crippen LogP contribution in [0, 0.1) is 6.92 Å². The maximum absolute atomic E-state index is 5.92. The topological polar surface area (TPSA) is 26.0 Å². The molecule has 0 amide bonds. The van der Waals surface area contributed by atoms with Gasteiger partial charge in [-0.2, -0.15) is 0 Å². The van der Waals surface area contributed by atoms with Gasteiger partial charge in [0.05, 0.1) is 0 Å². The predicted octanol–water partition coefficient (Wildman–Crippen LogP) is 5.50. The van der Waals surface area contributed by atoms with E-state index in [1.165, 1.54) is 9.96 Å². The van der Waals surface area contributed by atoms with Crippen LogP contribution in [0.25, 0.3) is 33.2 Å². The van der Waals surface area contributed by atoms with Crippen molar-refractivity contribution in [1.82, 2.24) is 4.98 Å². The number of hydrogen-bond donors (Lipinski definition) is 0. The van der Waals surface area contributed by atoms with Gasteiger partial charge in [-0.1, -0.05) is 0 Å². The molecule has 0 saturated carbocycles. The van der Waals surface area contributed by atoms with E-state index < -0.39 is 13.3 Å². The molecule has 0 saturated heterocycles. The molecule has 0 aliphatic heterocycles. The number of aromatic nitrogens is 1. The van der Waals surface area contributed by atoms with E-state index in [0.717, 1.165) is 33.2 Å². The average molecular weight is 376 g/mol. The first-order valence-corrected chi connectivity index (χ1v) is 15.7. The zero-order chi connectivity index (χ0) is 16.9. The minimum absolute atomic E-state index is 0.929. The number of furan rings is 1. The summed E-state index contributed by atoms with van der Waals surface area (Å²) in [6.45, 7) is 2.21. The third kappa shape index (κ3) is 2.55. The van der Waals surface area contributed by atoms with E-state index in [1.807, 2.05) is 12.1 Å². The van der Waals surface area contributed by atoms with E-state index in [9.17, 15) is 0 Å². The van der Waals surface area contributed by atoms with Gasteiger partial charge in [0.25, 0.3) is 0 Å². The van der Waals surface area contributed by atoms with Crippen molar-refractivity contribution >= 4 is 39.6 Å². The second-order valence-corrected chi connectivity index (χ2v) is 18.0. The molecule has 0 N–H and O–H groups in total. The van der Waals surface area contributed by atoms with Gasteiger partial charge in [0, 0.05) is 0 Å². The Morgan fingerprint density at radius 3 is 2.38 bits per heavy atom. The molecule has 24 heavy (non-hydrogen) atoms. The molecule has 0 aliphatic carbocycles. The maximum atomic E-state index is 5.92. The summed E-state index contributed by atoms with van der Waals surface area (Å²) < 4.78 is 7.40. The fourth-order valence-corrected chi connectivity index (χ4v) is 6.97. The third-order valence-electron chi connectivity index (χ3n) is 4.59. The third-order valence-corrected chi connectivity index (χ3v) is 9.08. The number of rotatable bonds is 2. The van der Waals surface area contributed by atoms with E-state index in [4.69, 9.17) is 9.40 Å². The Morgan fingerprint density at radius 2 is 1.62 bits per heavy atom. The fraction of sp³-hybridized carbons (Fsp3) is 0.190. The molecule has 0 bridgehead atoms. The van der Waals surface area contributed by atoms with Crippen LogP contribution in [-0.4, -0.2) is 18.3 Å². The van der Waals surface area contributed by atoms with Crippen molar-refractivity contribution < 1.29 is 4.42 Å². The predicted molar refractivity (Wildman–Crippen MR) is 105 cm³/mol. The van der Waals surface area contributed by atoms with Crippen molar-refractivity contribution in [1.29, 1.82) is 0 Å². The molecule has 2 nitrogen and oxygen atoms in total. The van der Waals surface area contributed by atoms with Gasteiger partial charge in [-0.25, -0.2) is 0 Å². The summed E-state index contributed by atoms with van der Waals surface area (Å²) in [5.41, 5.74) is 5.41. The van der Waals surface area contributed by atoms with Gasteiger partial charge in [0.15, 0.2) is 0 Å².